The summed E-state index contributed by atoms with van der Waals surface area (Å²) in [6, 6.07) is 19.6. The van der Waals surface area contributed by atoms with Crippen LogP contribution in [0.4, 0.5) is 0 Å². The summed E-state index contributed by atoms with van der Waals surface area (Å²) >= 11 is 0. The molecule has 0 saturated carbocycles. The second-order valence-corrected chi connectivity index (χ2v) is 7.40. The molecule has 1 aliphatic heterocycles. The molecule has 2 atom stereocenters. The van der Waals surface area contributed by atoms with Crippen molar-refractivity contribution in [3.05, 3.63) is 71.8 Å². The van der Waals surface area contributed by atoms with Crippen LogP contribution in [0, 0.1) is 0 Å². The van der Waals surface area contributed by atoms with Crippen LogP contribution < -0.4 is 0 Å². The largest absolute Gasteiger partial charge is 0.343 e. The molecule has 0 N–H and O–H groups in total. The molecule has 0 aliphatic carbocycles. The minimum absolute atomic E-state index is 0.161. The summed E-state index contributed by atoms with van der Waals surface area (Å²) in [5, 5.41) is 0. The molecule has 2 aromatic carbocycles. The van der Waals surface area contributed by atoms with Gasteiger partial charge in [0, 0.05) is 0 Å². The highest BCUT2D eigenvalue weighted by Crippen LogP contribution is 2.68. The van der Waals surface area contributed by atoms with Gasteiger partial charge in [-0.15, -0.1) is 0 Å². The van der Waals surface area contributed by atoms with Crippen LogP contribution in [0.15, 0.2) is 60.7 Å². The first-order chi connectivity index (χ1) is 10.1. The fourth-order valence-electron chi connectivity index (χ4n) is 2.61. The lowest BCUT2D eigenvalue weighted by atomic mass is 10.0. The third kappa shape index (κ3) is 2.82. The molecule has 1 heterocycles. The SMILES string of the molecule is CC1OP(=O)(C(c2ccccc2)c2ccccc2)OC1C. The van der Waals surface area contributed by atoms with E-state index in [4.69, 9.17) is 9.05 Å². The van der Waals surface area contributed by atoms with Crippen LogP contribution in [0.2, 0.25) is 0 Å². The van der Waals surface area contributed by atoms with E-state index in [1.807, 2.05) is 74.5 Å². The number of hydrogen-bond donors (Lipinski definition) is 0. The Hall–Kier alpha value is -1.41. The van der Waals surface area contributed by atoms with Crippen molar-refractivity contribution in [3.63, 3.8) is 0 Å². The van der Waals surface area contributed by atoms with Gasteiger partial charge in [-0.25, -0.2) is 0 Å². The molecule has 1 fully saturated rings. The normalized spacial score (nSPS) is 28.9. The fraction of sp³-hybridized carbons (Fsp3) is 0.294. The maximum atomic E-state index is 13.3. The van der Waals surface area contributed by atoms with E-state index in [0.29, 0.717) is 0 Å². The molecule has 0 bridgehead atoms. The van der Waals surface area contributed by atoms with E-state index in [9.17, 15) is 4.57 Å². The second-order valence-electron chi connectivity index (χ2n) is 5.38. The van der Waals surface area contributed by atoms with Gasteiger partial charge in [-0.2, -0.15) is 0 Å². The molecule has 0 amide bonds. The second kappa shape index (κ2) is 5.76. The van der Waals surface area contributed by atoms with E-state index in [1.165, 1.54) is 0 Å². The van der Waals surface area contributed by atoms with E-state index in [2.05, 4.69) is 0 Å². The summed E-state index contributed by atoms with van der Waals surface area (Å²) in [5.41, 5.74) is 1.52. The van der Waals surface area contributed by atoms with Crippen molar-refractivity contribution in [3.8, 4) is 0 Å². The first-order valence-electron chi connectivity index (χ1n) is 7.16. The predicted octanol–water partition coefficient (Wildman–Crippen LogP) is 4.79. The minimum atomic E-state index is -3.24. The zero-order valence-electron chi connectivity index (χ0n) is 12.2. The maximum Gasteiger partial charge on any atom is 0.343 e. The Morgan fingerprint density at radius 2 is 1.19 bits per heavy atom. The Balaban J connectivity index is 2.08. The van der Waals surface area contributed by atoms with Gasteiger partial charge in [-0.05, 0) is 25.0 Å². The van der Waals surface area contributed by atoms with Crippen LogP contribution in [0.1, 0.15) is 30.6 Å². The highest BCUT2D eigenvalue weighted by atomic mass is 31.2. The smallest absolute Gasteiger partial charge is 0.302 e. The van der Waals surface area contributed by atoms with Crippen molar-refractivity contribution in [2.75, 3.05) is 0 Å². The molecule has 1 aliphatic rings. The average Bonchev–Trinajstić information content (AvgIpc) is 2.75. The molecule has 3 rings (SSSR count). The summed E-state index contributed by atoms with van der Waals surface area (Å²) in [7, 11) is -3.24. The molecule has 4 heteroatoms. The van der Waals surface area contributed by atoms with Crippen LogP contribution >= 0.6 is 7.60 Å². The lowest BCUT2D eigenvalue weighted by molar-refractivity contribution is 0.187. The Kier molecular flexibility index (Phi) is 3.99. The fourth-order valence-corrected chi connectivity index (χ4v) is 5.25. The van der Waals surface area contributed by atoms with Gasteiger partial charge in [-0.3, -0.25) is 4.57 Å². The highest BCUT2D eigenvalue weighted by Gasteiger charge is 2.47. The molecular weight excluding hydrogens is 283 g/mol. The van der Waals surface area contributed by atoms with Crippen molar-refractivity contribution < 1.29 is 13.6 Å². The van der Waals surface area contributed by atoms with Crippen LogP contribution in [-0.4, -0.2) is 12.2 Å². The highest BCUT2D eigenvalue weighted by molar-refractivity contribution is 7.54. The molecule has 0 radical (unpaired) electrons. The molecule has 21 heavy (non-hydrogen) atoms. The van der Waals surface area contributed by atoms with Gasteiger partial charge < -0.3 is 9.05 Å². The average molecular weight is 302 g/mol. The van der Waals surface area contributed by atoms with Gasteiger partial charge in [0.15, 0.2) is 0 Å². The molecule has 0 aromatic heterocycles. The predicted molar refractivity (Wildman–Crippen MR) is 83.4 cm³/mol. The van der Waals surface area contributed by atoms with E-state index in [1.54, 1.807) is 0 Å². The summed E-state index contributed by atoms with van der Waals surface area (Å²) in [5.74, 6) is 0. The Morgan fingerprint density at radius 3 is 1.57 bits per heavy atom. The zero-order valence-corrected chi connectivity index (χ0v) is 13.1. The van der Waals surface area contributed by atoms with Crippen molar-refractivity contribution in [2.45, 2.75) is 31.7 Å². The van der Waals surface area contributed by atoms with Crippen LogP contribution in [0.25, 0.3) is 0 Å². The Morgan fingerprint density at radius 1 is 0.810 bits per heavy atom. The monoisotopic (exact) mass is 302 g/mol. The lowest BCUT2D eigenvalue weighted by Crippen LogP contribution is -2.13. The Bertz CT molecular complexity index is 588. The number of rotatable bonds is 3. The van der Waals surface area contributed by atoms with Gasteiger partial charge in [0.1, 0.15) is 5.66 Å². The number of benzene rings is 2. The summed E-state index contributed by atoms with van der Waals surface area (Å²) < 4.78 is 24.8. The minimum Gasteiger partial charge on any atom is -0.302 e. The summed E-state index contributed by atoms with van der Waals surface area (Å²) in [4.78, 5) is 0. The van der Waals surface area contributed by atoms with Crippen molar-refractivity contribution in [1.82, 2.24) is 0 Å². The van der Waals surface area contributed by atoms with Gasteiger partial charge in [-0.1, -0.05) is 60.7 Å². The van der Waals surface area contributed by atoms with E-state index in [0.717, 1.165) is 11.1 Å². The van der Waals surface area contributed by atoms with Crippen LogP contribution in [-0.2, 0) is 13.6 Å². The maximum absolute atomic E-state index is 13.3. The van der Waals surface area contributed by atoms with E-state index >= 15 is 0 Å². The first kappa shape index (κ1) is 14.5. The van der Waals surface area contributed by atoms with E-state index < -0.39 is 7.60 Å². The summed E-state index contributed by atoms with van der Waals surface area (Å²) in [6.45, 7) is 3.80. The van der Waals surface area contributed by atoms with Crippen molar-refractivity contribution in [1.29, 1.82) is 0 Å². The van der Waals surface area contributed by atoms with Crippen LogP contribution in [0.3, 0.4) is 0 Å². The molecule has 1 saturated heterocycles. The standard InChI is InChI=1S/C17H19O3P/c1-13-14(2)20-21(18,19-13)17(15-9-5-3-6-10-15)16-11-7-4-8-12-16/h3-14,17H,1-2H3. The molecule has 110 valence electrons. The van der Waals surface area contributed by atoms with E-state index in [-0.39, 0.29) is 17.9 Å². The molecule has 2 unspecified atom stereocenters. The van der Waals surface area contributed by atoms with Crippen molar-refractivity contribution >= 4 is 7.60 Å². The van der Waals surface area contributed by atoms with Gasteiger partial charge >= 0.3 is 7.60 Å². The molecule has 3 nitrogen and oxygen atoms in total. The number of hydrogen-bond acceptors (Lipinski definition) is 3. The quantitative estimate of drug-likeness (QED) is 0.764. The van der Waals surface area contributed by atoms with Crippen LogP contribution in [0.5, 0.6) is 0 Å². The van der Waals surface area contributed by atoms with Crippen molar-refractivity contribution in [2.24, 2.45) is 0 Å². The Labute approximate surface area is 125 Å². The first-order valence-corrected chi connectivity index (χ1v) is 8.78. The topological polar surface area (TPSA) is 35.5 Å². The summed E-state index contributed by atoms with van der Waals surface area (Å²) in [6.07, 6.45) is -0.323. The lowest BCUT2D eigenvalue weighted by Gasteiger charge is -2.23. The molecular formula is C17H19O3P. The molecule has 2 aromatic rings. The molecule has 0 spiro atoms. The third-order valence-corrected chi connectivity index (χ3v) is 6.32. The van der Waals surface area contributed by atoms with Gasteiger partial charge in [0.25, 0.3) is 0 Å². The zero-order chi connectivity index (χ0) is 14.9. The van der Waals surface area contributed by atoms with Gasteiger partial charge in [0.2, 0.25) is 0 Å². The third-order valence-electron chi connectivity index (χ3n) is 3.83. The van der Waals surface area contributed by atoms with Gasteiger partial charge in [0.05, 0.1) is 12.2 Å².